The molecule has 1 aliphatic heterocycles. The summed E-state index contributed by atoms with van der Waals surface area (Å²) in [6.45, 7) is 6.51. The molecule has 5 nitrogen and oxygen atoms in total. The molecule has 178 valence electrons. The third-order valence-corrected chi connectivity index (χ3v) is 8.44. The second kappa shape index (κ2) is 9.51. The average Bonchev–Trinajstić information content (AvgIpc) is 2.78. The van der Waals surface area contributed by atoms with E-state index in [2.05, 4.69) is 29.2 Å². The Morgan fingerprint density at radius 3 is 2.55 bits per heavy atom. The summed E-state index contributed by atoms with van der Waals surface area (Å²) in [5, 5.41) is 0. The highest BCUT2D eigenvalue weighted by molar-refractivity contribution is 7.91. The molecule has 6 heteroatoms. The molecule has 2 aliphatic rings. The smallest absolute Gasteiger partial charge is 0.191 e. The molecule has 1 saturated carbocycles. The Balaban J connectivity index is 1.60. The molecular weight excluding hydrogens is 434 g/mol. The fourth-order valence-corrected chi connectivity index (χ4v) is 6.58. The molecule has 0 bridgehead atoms. The lowest BCUT2D eigenvalue weighted by atomic mass is 9.94. The van der Waals surface area contributed by atoms with E-state index in [0.717, 1.165) is 48.1 Å². The molecule has 1 aliphatic carbocycles. The van der Waals surface area contributed by atoms with Crippen molar-refractivity contribution < 1.29 is 17.9 Å². The minimum atomic E-state index is -3.49. The molecule has 2 aromatic rings. The highest BCUT2D eigenvalue weighted by Gasteiger charge is 2.28. The number of methoxy groups -OCH3 is 1. The Kier molecular flexibility index (Phi) is 6.87. The Hall–Kier alpha value is -2.31. The van der Waals surface area contributed by atoms with Crippen molar-refractivity contribution in [3.05, 3.63) is 59.2 Å². The highest BCUT2D eigenvalue weighted by Crippen LogP contribution is 2.33. The maximum Gasteiger partial charge on any atom is 0.191 e. The largest absolute Gasteiger partial charge is 0.497 e. The van der Waals surface area contributed by atoms with Crippen molar-refractivity contribution >= 4 is 15.9 Å². The van der Waals surface area contributed by atoms with Crippen LogP contribution in [0.2, 0.25) is 0 Å². The lowest BCUT2D eigenvalue weighted by Crippen LogP contribution is -2.40. The summed E-state index contributed by atoms with van der Waals surface area (Å²) in [5.74, 6) is 1.56. The lowest BCUT2D eigenvalue weighted by Gasteiger charge is -2.34. The molecule has 0 unspecified atom stereocenters. The Bertz CT molecular complexity index is 1130. The predicted molar refractivity (Wildman–Crippen MR) is 132 cm³/mol. The van der Waals surface area contributed by atoms with E-state index in [1.807, 2.05) is 26.8 Å². The first kappa shape index (κ1) is 23.8. The summed E-state index contributed by atoms with van der Waals surface area (Å²) in [6, 6.07) is 11.7. The van der Waals surface area contributed by atoms with Gasteiger partial charge in [-0.1, -0.05) is 31.4 Å². The zero-order valence-corrected chi connectivity index (χ0v) is 21.0. The van der Waals surface area contributed by atoms with Crippen molar-refractivity contribution in [2.45, 2.75) is 76.0 Å². The summed E-state index contributed by atoms with van der Waals surface area (Å²) >= 11 is 0. The van der Waals surface area contributed by atoms with Gasteiger partial charge in [-0.15, -0.1) is 0 Å². The summed E-state index contributed by atoms with van der Waals surface area (Å²) in [5.41, 5.74) is 2.56. The van der Waals surface area contributed by atoms with E-state index in [1.165, 1.54) is 6.42 Å². The summed E-state index contributed by atoms with van der Waals surface area (Å²) in [4.78, 5) is 2.55. The van der Waals surface area contributed by atoms with Gasteiger partial charge >= 0.3 is 0 Å². The number of hydrogen-bond donors (Lipinski definition) is 0. The van der Waals surface area contributed by atoms with Crippen molar-refractivity contribution in [1.82, 2.24) is 4.90 Å². The van der Waals surface area contributed by atoms with Crippen molar-refractivity contribution in [1.29, 1.82) is 0 Å². The first-order chi connectivity index (χ1) is 15.7. The number of rotatable bonds is 7. The molecular formula is C27H35NO4S. The Morgan fingerprint density at radius 1 is 1.09 bits per heavy atom. The van der Waals surface area contributed by atoms with Gasteiger partial charge in [-0.25, -0.2) is 8.42 Å². The Morgan fingerprint density at radius 2 is 1.85 bits per heavy atom. The molecule has 0 atom stereocenters. The molecule has 1 fully saturated rings. The fraction of sp³-hybridized carbons (Fsp3) is 0.481. The van der Waals surface area contributed by atoms with Crippen LogP contribution in [0.25, 0.3) is 6.08 Å². The second-order valence-corrected chi connectivity index (χ2v) is 11.8. The molecule has 33 heavy (non-hydrogen) atoms. The predicted octanol–water partition coefficient (Wildman–Crippen LogP) is 5.75. The van der Waals surface area contributed by atoms with E-state index in [4.69, 9.17) is 9.47 Å². The van der Waals surface area contributed by atoms with Crippen LogP contribution < -0.4 is 9.47 Å². The SMILES string of the molecule is COc1ccc(S(=O)(=O)CN(Cc2ccc3c(c2)C=CC(C)(C)O3)C2CCCCC2)c(C)c1. The van der Waals surface area contributed by atoms with E-state index in [1.54, 1.807) is 25.3 Å². The van der Waals surface area contributed by atoms with E-state index < -0.39 is 9.84 Å². The third-order valence-electron chi connectivity index (χ3n) is 6.64. The van der Waals surface area contributed by atoms with Gasteiger partial charge in [-0.3, -0.25) is 4.90 Å². The van der Waals surface area contributed by atoms with E-state index in [0.29, 0.717) is 17.2 Å². The van der Waals surface area contributed by atoms with Gasteiger partial charge < -0.3 is 9.47 Å². The quantitative estimate of drug-likeness (QED) is 0.516. The molecule has 2 aromatic carbocycles. The van der Waals surface area contributed by atoms with Crippen molar-refractivity contribution in [3.63, 3.8) is 0 Å². The number of sulfone groups is 1. The summed E-state index contributed by atoms with van der Waals surface area (Å²) in [7, 11) is -1.89. The summed E-state index contributed by atoms with van der Waals surface area (Å²) < 4.78 is 38.3. The maximum atomic E-state index is 13.5. The average molecular weight is 470 g/mol. The van der Waals surface area contributed by atoms with E-state index in [-0.39, 0.29) is 17.5 Å². The van der Waals surface area contributed by atoms with E-state index >= 15 is 0 Å². The molecule has 0 radical (unpaired) electrons. The Labute approximate surface area is 198 Å². The molecule has 0 saturated heterocycles. The monoisotopic (exact) mass is 469 g/mol. The number of hydrogen-bond acceptors (Lipinski definition) is 5. The first-order valence-corrected chi connectivity index (χ1v) is 13.4. The van der Waals surface area contributed by atoms with Crippen molar-refractivity contribution in [3.8, 4) is 11.5 Å². The zero-order chi connectivity index (χ0) is 23.6. The third kappa shape index (κ3) is 5.61. The molecule has 0 N–H and O–H groups in total. The van der Waals surface area contributed by atoms with Gasteiger partial charge in [0.1, 0.15) is 23.0 Å². The summed E-state index contributed by atoms with van der Waals surface area (Å²) in [6.07, 6.45) is 9.78. The molecule has 1 heterocycles. The lowest BCUT2D eigenvalue weighted by molar-refractivity contribution is 0.158. The van der Waals surface area contributed by atoms with Gasteiger partial charge in [0.15, 0.2) is 9.84 Å². The van der Waals surface area contributed by atoms with Crippen LogP contribution >= 0.6 is 0 Å². The molecule has 4 rings (SSSR count). The van der Waals surface area contributed by atoms with E-state index in [9.17, 15) is 8.42 Å². The second-order valence-electron chi connectivity index (χ2n) is 9.83. The van der Waals surface area contributed by atoms with Crippen LogP contribution in [0.5, 0.6) is 11.5 Å². The van der Waals surface area contributed by atoms with Gasteiger partial charge in [0.05, 0.1) is 12.0 Å². The zero-order valence-electron chi connectivity index (χ0n) is 20.1. The highest BCUT2D eigenvalue weighted by atomic mass is 32.2. The minimum Gasteiger partial charge on any atom is -0.497 e. The number of fused-ring (bicyclic) bond motifs is 1. The first-order valence-electron chi connectivity index (χ1n) is 11.8. The maximum absolute atomic E-state index is 13.5. The van der Waals surface area contributed by atoms with Gasteiger partial charge in [0, 0.05) is 18.2 Å². The van der Waals surface area contributed by atoms with Crippen molar-refractivity contribution in [2.75, 3.05) is 13.0 Å². The van der Waals surface area contributed by atoms with Crippen LogP contribution in [-0.2, 0) is 16.4 Å². The van der Waals surface area contributed by atoms with Crippen LogP contribution in [0.4, 0.5) is 0 Å². The molecule has 0 aromatic heterocycles. The van der Waals surface area contributed by atoms with Crippen LogP contribution in [0.15, 0.2) is 47.4 Å². The van der Waals surface area contributed by atoms with Crippen LogP contribution in [0, 0.1) is 6.92 Å². The molecule has 0 spiro atoms. The van der Waals surface area contributed by atoms with Gasteiger partial charge in [-0.05, 0) is 81.1 Å². The van der Waals surface area contributed by atoms with Crippen LogP contribution in [0.1, 0.15) is 62.6 Å². The minimum absolute atomic E-state index is 0.0152. The fourth-order valence-electron chi connectivity index (χ4n) is 4.87. The number of benzene rings is 2. The van der Waals surface area contributed by atoms with Crippen LogP contribution in [-0.4, -0.2) is 37.9 Å². The number of aryl methyl sites for hydroxylation is 1. The van der Waals surface area contributed by atoms with Crippen LogP contribution in [0.3, 0.4) is 0 Å². The van der Waals surface area contributed by atoms with Gasteiger partial charge in [0.25, 0.3) is 0 Å². The van der Waals surface area contributed by atoms with Crippen molar-refractivity contribution in [2.24, 2.45) is 0 Å². The number of nitrogens with zero attached hydrogens (tertiary/aromatic N) is 1. The molecule has 0 amide bonds. The number of ether oxygens (including phenoxy) is 2. The normalized spacial score (nSPS) is 18.1. The van der Waals surface area contributed by atoms with Gasteiger partial charge in [0.2, 0.25) is 0 Å². The topological polar surface area (TPSA) is 55.8 Å². The van der Waals surface area contributed by atoms with Gasteiger partial charge in [-0.2, -0.15) is 0 Å². The standard InChI is InChI=1S/C27H35NO4S/c1-20-16-24(31-4)11-13-26(20)33(29,30)19-28(23-8-6-5-7-9-23)18-21-10-12-25-22(17-21)14-15-27(2,3)32-25/h10-17,23H,5-9,18-19H2,1-4H3.